The summed E-state index contributed by atoms with van der Waals surface area (Å²) in [6.07, 6.45) is 2.66. The Labute approximate surface area is 73.6 Å². The summed E-state index contributed by atoms with van der Waals surface area (Å²) in [4.78, 5) is 3.93. The Hall–Kier alpha value is -0.770. The molecule has 0 radical (unpaired) electrons. The molecule has 0 spiro atoms. The Morgan fingerprint density at radius 1 is 1.58 bits per heavy atom. The van der Waals surface area contributed by atoms with E-state index in [1.54, 1.807) is 7.05 Å². The van der Waals surface area contributed by atoms with Crippen LogP contribution in [0.4, 0.5) is 0 Å². The molecule has 1 aliphatic rings. The lowest BCUT2D eigenvalue weighted by Gasteiger charge is -2.32. The minimum absolute atomic E-state index is 0.676. The molecular formula is C8H18N4. The normalized spacial score (nSPS) is 29.4. The Morgan fingerprint density at radius 3 is 2.67 bits per heavy atom. The van der Waals surface area contributed by atoms with Gasteiger partial charge in [0.05, 0.1) is 0 Å². The highest BCUT2D eigenvalue weighted by Gasteiger charge is 2.24. The summed E-state index contributed by atoms with van der Waals surface area (Å²) >= 11 is 0. The topological polar surface area (TPSA) is 62.4 Å². The van der Waals surface area contributed by atoms with Gasteiger partial charge >= 0.3 is 0 Å². The molecule has 0 aliphatic heterocycles. The molecule has 0 aromatic carbocycles. The number of aliphatic imine (C=N–C) groups is 1. The van der Waals surface area contributed by atoms with Crippen LogP contribution in [0.1, 0.15) is 19.8 Å². The maximum atomic E-state index is 5.21. The van der Waals surface area contributed by atoms with Gasteiger partial charge in [-0.05, 0) is 24.7 Å². The lowest BCUT2D eigenvalue weighted by Crippen LogP contribution is -2.44. The largest absolute Gasteiger partial charge is 0.355 e. The molecule has 0 saturated heterocycles. The van der Waals surface area contributed by atoms with E-state index < -0.39 is 0 Å². The van der Waals surface area contributed by atoms with E-state index in [0.717, 1.165) is 18.4 Å². The van der Waals surface area contributed by atoms with Crippen molar-refractivity contribution in [2.75, 3.05) is 13.6 Å². The number of rotatable bonds is 2. The van der Waals surface area contributed by atoms with Gasteiger partial charge in [0.2, 0.25) is 5.96 Å². The first-order valence-corrected chi connectivity index (χ1v) is 4.43. The van der Waals surface area contributed by atoms with Crippen LogP contribution in [0.2, 0.25) is 0 Å². The number of hydrogen-bond donors (Lipinski definition) is 3. The van der Waals surface area contributed by atoms with Gasteiger partial charge in [0, 0.05) is 13.6 Å². The number of nitrogens with one attached hydrogen (secondary N) is 2. The van der Waals surface area contributed by atoms with Gasteiger partial charge in [-0.1, -0.05) is 6.92 Å². The summed E-state index contributed by atoms with van der Waals surface area (Å²) in [5, 5.41) is 3.16. The average molecular weight is 170 g/mol. The second-order valence-corrected chi connectivity index (χ2v) is 3.54. The van der Waals surface area contributed by atoms with Crippen LogP contribution in [0.15, 0.2) is 4.99 Å². The van der Waals surface area contributed by atoms with Crippen LogP contribution in [0.3, 0.4) is 0 Å². The molecule has 1 aliphatic carbocycles. The molecule has 0 unspecified atom stereocenters. The minimum atomic E-state index is 0.676. The first kappa shape index (κ1) is 9.32. The third kappa shape index (κ3) is 2.37. The number of nitrogens with two attached hydrogens (primary N) is 1. The molecule has 12 heavy (non-hydrogen) atoms. The van der Waals surface area contributed by atoms with Gasteiger partial charge in [0.15, 0.2) is 0 Å². The van der Waals surface area contributed by atoms with Crippen molar-refractivity contribution in [3.8, 4) is 0 Å². The monoisotopic (exact) mass is 170 g/mol. The molecule has 1 fully saturated rings. The van der Waals surface area contributed by atoms with E-state index in [1.165, 1.54) is 12.8 Å². The molecule has 0 atom stereocenters. The highest BCUT2D eigenvalue weighted by atomic mass is 15.3. The SMILES string of the molecule is CN=C(NN)NCC1CC(C)C1. The number of hydrogen-bond acceptors (Lipinski definition) is 2. The van der Waals surface area contributed by atoms with Gasteiger partial charge in [0.25, 0.3) is 0 Å². The lowest BCUT2D eigenvalue weighted by molar-refractivity contribution is 0.213. The second kappa shape index (κ2) is 4.30. The maximum absolute atomic E-state index is 5.21. The van der Waals surface area contributed by atoms with E-state index in [1.807, 2.05) is 0 Å². The molecule has 0 aromatic heterocycles. The Bertz CT molecular complexity index is 160. The molecule has 0 heterocycles. The first-order chi connectivity index (χ1) is 5.76. The molecule has 70 valence electrons. The zero-order valence-corrected chi connectivity index (χ0v) is 7.80. The number of nitrogens with zero attached hydrogens (tertiary/aromatic N) is 1. The van der Waals surface area contributed by atoms with Gasteiger partial charge in [-0.2, -0.15) is 0 Å². The van der Waals surface area contributed by atoms with Gasteiger partial charge in [-0.3, -0.25) is 10.4 Å². The van der Waals surface area contributed by atoms with E-state index in [2.05, 4.69) is 22.7 Å². The minimum Gasteiger partial charge on any atom is -0.355 e. The summed E-state index contributed by atoms with van der Waals surface area (Å²) in [7, 11) is 1.71. The lowest BCUT2D eigenvalue weighted by atomic mass is 9.76. The smallest absolute Gasteiger partial charge is 0.205 e. The van der Waals surface area contributed by atoms with E-state index in [-0.39, 0.29) is 0 Å². The van der Waals surface area contributed by atoms with Gasteiger partial charge in [-0.25, -0.2) is 5.84 Å². The first-order valence-electron chi connectivity index (χ1n) is 4.43. The van der Waals surface area contributed by atoms with Crippen LogP contribution in [0, 0.1) is 11.8 Å². The zero-order chi connectivity index (χ0) is 8.97. The zero-order valence-electron chi connectivity index (χ0n) is 7.80. The summed E-state index contributed by atoms with van der Waals surface area (Å²) in [5.74, 6) is 7.61. The van der Waals surface area contributed by atoms with Crippen molar-refractivity contribution >= 4 is 5.96 Å². The van der Waals surface area contributed by atoms with Crippen molar-refractivity contribution in [3.05, 3.63) is 0 Å². The highest BCUT2D eigenvalue weighted by molar-refractivity contribution is 5.78. The van der Waals surface area contributed by atoms with E-state index in [4.69, 9.17) is 5.84 Å². The fourth-order valence-corrected chi connectivity index (χ4v) is 1.67. The third-order valence-corrected chi connectivity index (χ3v) is 2.39. The van der Waals surface area contributed by atoms with Crippen molar-refractivity contribution in [1.82, 2.24) is 10.7 Å². The van der Waals surface area contributed by atoms with E-state index >= 15 is 0 Å². The molecule has 0 aromatic rings. The van der Waals surface area contributed by atoms with Crippen LogP contribution >= 0.6 is 0 Å². The third-order valence-electron chi connectivity index (χ3n) is 2.39. The number of hydrazine groups is 1. The fraction of sp³-hybridized carbons (Fsp3) is 0.875. The van der Waals surface area contributed by atoms with Crippen LogP contribution in [-0.4, -0.2) is 19.6 Å². The fourth-order valence-electron chi connectivity index (χ4n) is 1.67. The van der Waals surface area contributed by atoms with Gasteiger partial charge < -0.3 is 5.32 Å². The highest BCUT2D eigenvalue weighted by Crippen LogP contribution is 2.32. The van der Waals surface area contributed by atoms with Crippen LogP contribution in [0.5, 0.6) is 0 Å². The van der Waals surface area contributed by atoms with Crippen molar-refractivity contribution in [2.24, 2.45) is 22.7 Å². The molecule has 4 heteroatoms. The maximum Gasteiger partial charge on any atom is 0.205 e. The summed E-state index contributed by atoms with van der Waals surface area (Å²) in [5.41, 5.74) is 2.51. The van der Waals surface area contributed by atoms with Crippen LogP contribution in [0.25, 0.3) is 0 Å². The Kier molecular flexibility index (Phi) is 3.34. The van der Waals surface area contributed by atoms with Crippen LogP contribution in [-0.2, 0) is 0 Å². The molecule has 1 rings (SSSR count). The van der Waals surface area contributed by atoms with E-state index in [0.29, 0.717) is 5.96 Å². The molecule has 4 nitrogen and oxygen atoms in total. The van der Waals surface area contributed by atoms with Crippen LogP contribution < -0.4 is 16.6 Å². The van der Waals surface area contributed by atoms with Crippen molar-refractivity contribution < 1.29 is 0 Å². The molecular weight excluding hydrogens is 152 g/mol. The predicted molar refractivity (Wildman–Crippen MR) is 50.6 cm³/mol. The Balaban J connectivity index is 2.09. The standard InChI is InChI=1S/C8H18N4/c1-6-3-7(4-6)5-11-8(10-2)12-9/h6-7H,3-5,9H2,1-2H3,(H2,10,11,12). The molecule has 0 bridgehead atoms. The predicted octanol–water partition coefficient (Wildman–Crippen LogP) is 0.0712. The number of guanidine groups is 1. The summed E-state index contributed by atoms with van der Waals surface area (Å²) in [6, 6.07) is 0. The second-order valence-electron chi connectivity index (χ2n) is 3.54. The van der Waals surface area contributed by atoms with Gasteiger partial charge in [-0.15, -0.1) is 0 Å². The quantitative estimate of drug-likeness (QED) is 0.238. The van der Waals surface area contributed by atoms with Crippen molar-refractivity contribution in [3.63, 3.8) is 0 Å². The summed E-state index contributed by atoms with van der Waals surface area (Å²) < 4.78 is 0. The Morgan fingerprint density at radius 2 is 2.25 bits per heavy atom. The molecule has 4 N–H and O–H groups in total. The summed E-state index contributed by atoms with van der Waals surface area (Å²) in [6.45, 7) is 3.27. The van der Waals surface area contributed by atoms with E-state index in [9.17, 15) is 0 Å². The average Bonchev–Trinajstić information content (AvgIpc) is 2.03. The molecule has 1 saturated carbocycles. The van der Waals surface area contributed by atoms with Crippen molar-refractivity contribution in [1.29, 1.82) is 0 Å². The molecule has 0 amide bonds. The van der Waals surface area contributed by atoms with Crippen molar-refractivity contribution in [2.45, 2.75) is 19.8 Å². The van der Waals surface area contributed by atoms with Gasteiger partial charge in [0.1, 0.15) is 0 Å².